The zero-order valence-corrected chi connectivity index (χ0v) is 15.4. The van der Waals surface area contributed by atoms with Crippen molar-refractivity contribution >= 4 is 11.5 Å². The summed E-state index contributed by atoms with van der Waals surface area (Å²) in [5.41, 5.74) is 2.06. The second-order valence-electron chi connectivity index (χ2n) is 6.71. The summed E-state index contributed by atoms with van der Waals surface area (Å²) in [6.45, 7) is 1.63. The molecule has 1 aromatic carbocycles. The van der Waals surface area contributed by atoms with Gasteiger partial charge in [0.25, 0.3) is 0 Å². The maximum Gasteiger partial charge on any atom is 0.244 e. The van der Waals surface area contributed by atoms with E-state index in [2.05, 4.69) is 25.3 Å². The molecule has 0 unspecified atom stereocenters. The first-order chi connectivity index (χ1) is 13.6. The molecule has 1 atom stereocenters. The maximum absolute atomic E-state index is 10.9. The smallest absolute Gasteiger partial charge is 0.244 e. The molecule has 1 aliphatic rings. The van der Waals surface area contributed by atoms with Gasteiger partial charge in [-0.3, -0.25) is 10.1 Å². The number of likely N-dealkylation sites (tertiary alicyclic amines) is 1. The van der Waals surface area contributed by atoms with E-state index in [9.17, 15) is 5.21 Å². The monoisotopic (exact) mass is 381 g/mol. The Labute approximate surface area is 162 Å². The first-order valence-electron chi connectivity index (χ1n) is 9.11. The minimum absolute atomic E-state index is 0.0549. The number of nitrogens with one attached hydrogen (secondary N) is 1. The Morgan fingerprint density at radius 2 is 2.11 bits per heavy atom. The van der Waals surface area contributed by atoms with Crippen LogP contribution in [0.15, 0.2) is 47.1 Å². The molecule has 28 heavy (non-hydrogen) atoms. The lowest BCUT2D eigenvalue weighted by Crippen LogP contribution is -2.23. The van der Waals surface area contributed by atoms with E-state index in [4.69, 9.17) is 9.73 Å². The fourth-order valence-corrected chi connectivity index (χ4v) is 3.42. The summed E-state index contributed by atoms with van der Waals surface area (Å²) in [5.74, 6) is 1.91. The fraction of sp³-hybridized carbons (Fsp3) is 0.316. The Bertz CT molecular complexity index is 910. The molecule has 4 rings (SSSR count). The molecule has 1 fully saturated rings. The van der Waals surface area contributed by atoms with Gasteiger partial charge in [-0.25, -0.2) is 4.98 Å². The second kappa shape index (κ2) is 7.93. The van der Waals surface area contributed by atoms with Crippen molar-refractivity contribution < 1.29 is 9.73 Å². The van der Waals surface area contributed by atoms with Crippen LogP contribution in [-0.2, 0) is 6.54 Å². The molecule has 0 saturated carbocycles. The van der Waals surface area contributed by atoms with Crippen LogP contribution in [-0.4, -0.2) is 38.8 Å². The van der Waals surface area contributed by atoms with E-state index in [0.29, 0.717) is 18.3 Å². The highest BCUT2D eigenvalue weighted by Crippen LogP contribution is 2.33. The molecule has 9 nitrogen and oxygen atoms in total. The van der Waals surface area contributed by atoms with Crippen LogP contribution in [0, 0.1) is 5.21 Å². The van der Waals surface area contributed by atoms with Crippen molar-refractivity contribution in [2.24, 2.45) is 0 Å². The van der Waals surface area contributed by atoms with Crippen molar-refractivity contribution in [1.82, 2.24) is 20.0 Å². The largest absolute Gasteiger partial charge is 0.733 e. The van der Waals surface area contributed by atoms with Gasteiger partial charge in [0.2, 0.25) is 11.7 Å². The molecule has 3 aromatic rings. The van der Waals surface area contributed by atoms with Crippen molar-refractivity contribution in [2.75, 3.05) is 24.1 Å². The number of aromatic nitrogens is 3. The highest BCUT2D eigenvalue weighted by Gasteiger charge is 2.30. The van der Waals surface area contributed by atoms with E-state index in [-0.39, 0.29) is 17.0 Å². The third-order valence-corrected chi connectivity index (χ3v) is 4.91. The minimum atomic E-state index is -0.139. The van der Waals surface area contributed by atoms with Crippen molar-refractivity contribution in [3.63, 3.8) is 0 Å². The summed E-state index contributed by atoms with van der Waals surface area (Å²) in [5, 5.41) is 26.8. The molecular weight excluding hydrogens is 360 g/mol. The molecule has 9 heteroatoms. The highest BCUT2D eigenvalue weighted by molar-refractivity contribution is 5.55. The molecule has 0 amide bonds. The zero-order valence-electron chi connectivity index (χ0n) is 15.4. The second-order valence-corrected chi connectivity index (χ2v) is 6.71. The van der Waals surface area contributed by atoms with E-state index < -0.39 is 0 Å². The number of nitrogens with zero attached hydrogens (tertiary/aromatic N) is 5. The number of hydrogen-bond acceptors (Lipinski definition) is 9. The van der Waals surface area contributed by atoms with Gasteiger partial charge in [-0.1, -0.05) is 17.3 Å². The number of hydrogen-bond donors (Lipinski definition) is 2. The molecule has 0 radical (unpaired) electrons. The Kier molecular flexibility index (Phi) is 5.20. The highest BCUT2D eigenvalue weighted by atomic mass is 16.8. The third-order valence-electron chi connectivity index (χ3n) is 4.91. The van der Waals surface area contributed by atoms with Gasteiger partial charge in [-0.05, 0) is 49.2 Å². The van der Waals surface area contributed by atoms with E-state index in [1.54, 1.807) is 18.3 Å². The summed E-state index contributed by atoms with van der Waals surface area (Å²) in [6, 6.07) is 10.7. The first-order valence-corrected chi connectivity index (χ1v) is 9.11. The fourth-order valence-electron chi connectivity index (χ4n) is 3.42. The Morgan fingerprint density at radius 3 is 2.79 bits per heavy atom. The Balaban J connectivity index is 1.48. The molecule has 146 valence electrons. The normalized spacial score (nSPS) is 17.0. The Morgan fingerprint density at radius 1 is 1.29 bits per heavy atom. The van der Waals surface area contributed by atoms with Crippen molar-refractivity contribution in [3.8, 4) is 11.4 Å². The van der Waals surface area contributed by atoms with Crippen LogP contribution < -0.4 is 10.5 Å². The Hall–Kier alpha value is -3.01. The number of anilines is 2. The molecule has 0 spiro atoms. The van der Waals surface area contributed by atoms with Gasteiger partial charge in [0.05, 0.1) is 11.7 Å². The lowest BCUT2D eigenvalue weighted by atomic mass is 10.1. The van der Waals surface area contributed by atoms with E-state index in [1.807, 2.05) is 31.3 Å². The van der Waals surface area contributed by atoms with Crippen molar-refractivity contribution in [2.45, 2.75) is 25.4 Å². The van der Waals surface area contributed by atoms with Crippen LogP contribution in [0.1, 0.15) is 30.3 Å². The SMILES string of the molecule is CNc1ccc(-c2noc([C@H]3CCCN3Cc3ccc(N([O-])O)cc3)n2)cn1. The van der Waals surface area contributed by atoms with Crippen LogP contribution in [0.4, 0.5) is 11.5 Å². The average Bonchev–Trinajstić information content (AvgIpc) is 3.38. The standard InChI is InChI=1S/C19H21N6O3/c1-20-17-9-6-14(11-21-17)18-22-19(28-23-18)16-3-2-10-24(16)12-13-4-7-15(8-5-13)25(26)27/h4-9,11,16,26H,2-3,10,12H2,1H3,(H,20,21)/q-1/t16-/m1/s1. The van der Waals surface area contributed by atoms with Gasteiger partial charge in [-0.2, -0.15) is 4.98 Å². The summed E-state index contributed by atoms with van der Waals surface area (Å²) in [4.78, 5) is 11.2. The molecule has 0 aliphatic carbocycles. The molecular formula is C19H21N6O3-. The van der Waals surface area contributed by atoms with Gasteiger partial charge < -0.3 is 20.3 Å². The summed E-state index contributed by atoms with van der Waals surface area (Å²) < 4.78 is 5.55. The van der Waals surface area contributed by atoms with Crippen LogP contribution in [0.25, 0.3) is 11.4 Å². The van der Waals surface area contributed by atoms with Gasteiger partial charge in [-0.15, -0.1) is 0 Å². The predicted molar refractivity (Wildman–Crippen MR) is 104 cm³/mol. The predicted octanol–water partition coefficient (Wildman–Crippen LogP) is 3.20. The quantitative estimate of drug-likeness (QED) is 0.621. The third kappa shape index (κ3) is 3.81. The number of benzene rings is 1. The topological polar surface area (TPSA) is 114 Å². The van der Waals surface area contributed by atoms with E-state index in [1.165, 1.54) is 0 Å². The molecule has 0 bridgehead atoms. The summed E-state index contributed by atoms with van der Waals surface area (Å²) in [6.07, 6.45) is 3.71. The molecule has 2 N–H and O–H groups in total. The van der Waals surface area contributed by atoms with Crippen LogP contribution in [0.3, 0.4) is 0 Å². The molecule has 2 aromatic heterocycles. The number of rotatable bonds is 6. The number of pyridine rings is 1. The lowest BCUT2D eigenvalue weighted by molar-refractivity contribution is 0.201. The van der Waals surface area contributed by atoms with Crippen LogP contribution >= 0.6 is 0 Å². The van der Waals surface area contributed by atoms with E-state index >= 15 is 0 Å². The molecule has 3 heterocycles. The van der Waals surface area contributed by atoms with Gasteiger partial charge in [0.15, 0.2) is 0 Å². The summed E-state index contributed by atoms with van der Waals surface area (Å²) in [7, 11) is 1.82. The summed E-state index contributed by atoms with van der Waals surface area (Å²) >= 11 is 0. The van der Waals surface area contributed by atoms with Gasteiger partial charge in [0.1, 0.15) is 5.82 Å². The maximum atomic E-state index is 10.9. The lowest BCUT2D eigenvalue weighted by Gasteiger charge is -2.23. The van der Waals surface area contributed by atoms with Crippen molar-refractivity contribution in [1.29, 1.82) is 0 Å². The van der Waals surface area contributed by atoms with Gasteiger partial charge >= 0.3 is 0 Å². The first kappa shape index (κ1) is 18.4. The molecule has 1 saturated heterocycles. The van der Waals surface area contributed by atoms with Gasteiger partial charge in [0, 0.05) is 25.4 Å². The zero-order chi connectivity index (χ0) is 19.5. The van der Waals surface area contributed by atoms with E-state index in [0.717, 1.165) is 36.3 Å². The van der Waals surface area contributed by atoms with Crippen molar-refractivity contribution in [3.05, 3.63) is 59.3 Å². The molecule has 1 aliphatic heterocycles. The van der Waals surface area contributed by atoms with Crippen LogP contribution in [0.2, 0.25) is 0 Å². The minimum Gasteiger partial charge on any atom is -0.733 e. The van der Waals surface area contributed by atoms with Crippen LogP contribution in [0.5, 0.6) is 0 Å². The average molecular weight is 381 g/mol.